The normalized spacial score (nSPS) is 17.9. The van der Waals surface area contributed by atoms with E-state index in [4.69, 9.17) is 4.74 Å². The van der Waals surface area contributed by atoms with Crippen LogP contribution in [0.5, 0.6) is 0 Å². The zero-order valence-electron chi connectivity index (χ0n) is 14.0. The number of anilines is 1. The maximum atomic E-state index is 12.0. The van der Waals surface area contributed by atoms with Crippen molar-refractivity contribution in [2.45, 2.75) is 11.0 Å². The predicted molar refractivity (Wildman–Crippen MR) is 101 cm³/mol. The summed E-state index contributed by atoms with van der Waals surface area (Å²) in [6, 6.07) is 11.9. The average Bonchev–Trinajstić information content (AvgIpc) is 2.61. The van der Waals surface area contributed by atoms with Crippen molar-refractivity contribution in [3.05, 3.63) is 62.6 Å². The molecule has 1 atom stereocenters. The molecular formula is C17H17BrN2O5S. The van der Waals surface area contributed by atoms with Gasteiger partial charge in [0.1, 0.15) is 11.0 Å². The van der Waals surface area contributed by atoms with Gasteiger partial charge in [-0.05, 0) is 23.8 Å². The summed E-state index contributed by atoms with van der Waals surface area (Å²) in [5, 5.41) is 11.1. The third-order valence-corrected chi connectivity index (χ3v) is 6.07. The van der Waals surface area contributed by atoms with Gasteiger partial charge in [0.25, 0.3) is 5.69 Å². The Bertz CT molecular complexity index is 948. The standard InChI is InChI=1S/C17H17BrN2O5S/c1-26(23,24)17-10-12(6-7-15(17)20(21)22)19-8-9-25-16(11-19)13-4-2-3-5-14(13)18/h2-7,10,16H,8-9,11H2,1H3. The number of nitrogens with zero attached hydrogens (tertiary/aromatic N) is 2. The number of halogens is 1. The lowest BCUT2D eigenvalue weighted by Crippen LogP contribution is -2.38. The molecule has 1 unspecified atom stereocenters. The fraction of sp³-hybridized carbons (Fsp3) is 0.294. The highest BCUT2D eigenvalue weighted by molar-refractivity contribution is 9.10. The van der Waals surface area contributed by atoms with Gasteiger partial charge in [0.15, 0.2) is 9.84 Å². The number of hydrogen-bond donors (Lipinski definition) is 0. The van der Waals surface area contributed by atoms with Crippen molar-refractivity contribution in [3.63, 3.8) is 0 Å². The van der Waals surface area contributed by atoms with E-state index in [0.29, 0.717) is 25.4 Å². The van der Waals surface area contributed by atoms with E-state index >= 15 is 0 Å². The number of rotatable bonds is 4. The van der Waals surface area contributed by atoms with Crippen LogP contribution in [-0.4, -0.2) is 39.3 Å². The second kappa shape index (κ2) is 7.34. The van der Waals surface area contributed by atoms with E-state index in [2.05, 4.69) is 15.9 Å². The molecule has 0 bridgehead atoms. The molecular weight excluding hydrogens is 424 g/mol. The first-order valence-electron chi connectivity index (χ1n) is 7.87. The minimum atomic E-state index is -3.72. The van der Waals surface area contributed by atoms with Crippen molar-refractivity contribution in [2.24, 2.45) is 0 Å². The molecule has 0 saturated carbocycles. The monoisotopic (exact) mass is 440 g/mol. The maximum absolute atomic E-state index is 12.0. The molecule has 9 heteroatoms. The fourth-order valence-corrected chi connectivity index (χ4v) is 4.35. The SMILES string of the molecule is CS(=O)(=O)c1cc(N2CCOC(c3ccccc3Br)C2)ccc1[N+](=O)[O-]. The van der Waals surface area contributed by atoms with Gasteiger partial charge < -0.3 is 9.64 Å². The molecule has 0 aliphatic carbocycles. The minimum absolute atomic E-state index is 0.184. The number of ether oxygens (including phenoxy) is 1. The Balaban J connectivity index is 1.94. The van der Waals surface area contributed by atoms with E-state index < -0.39 is 20.4 Å². The lowest BCUT2D eigenvalue weighted by atomic mass is 10.1. The van der Waals surface area contributed by atoms with Gasteiger partial charge in [-0.15, -0.1) is 0 Å². The van der Waals surface area contributed by atoms with E-state index in [1.165, 1.54) is 12.1 Å². The molecule has 1 heterocycles. The molecule has 2 aromatic rings. The van der Waals surface area contributed by atoms with Crippen molar-refractivity contribution in [2.75, 3.05) is 30.9 Å². The Morgan fingerprint density at radius 2 is 2.00 bits per heavy atom. The molecule has 2 aromatic carbocycles. The summed E-state index contributed by atoms with van der Waals surface area (Å²) in [6.45, 7) is 1.56. The molecule has 1 aliphatic heterocycles. The first kappa shape index (κ1) is 18.8. The highest BCUT2D eigenvalue weighted by atomic mass is 79.9. The van der Waals surface area contributed by atoms with Gasteiger partial charge >= 0.3 is 0 Å². The van der Waals surface area contributed by atoms with Gasteiger partial charge in [-0.25, -0.2) is 8.42 Å². The smallest absolute Gasteiger partial charge is 0.288 e. The van der Waals surface area contributed by atoms with Gasteiger partial charge in [-0.1, -0.05) is 34.1 Å². The van der Waals surface area contributed by atoms with Crippen LogP contribution in [-0.2, 0) is 14.6 Å². The summed E-state index contributed by atoms with van der Waals surface area (Å²) in [5.74, 6) is 0. The molecule has 26 heavy (non-hydrogen) atoms. The van der Waals surface area contributed by atoms with Crippen LogP contribution in [0.4, 0.5) is 11.4 Å². The second-order valence-corrected chi connectivity index (χ2v) is 8.85. The van der Waals surface area contributed by atoms with E-state index in [-0.39, 0.29) is 11.0 Å². The summed E-state index contributed by atoms with van der Waals surface area (Å²) >= 11 is 3.52. The first-order chi connectivity index (χ1) is 12.3. The molecule has 1 saturated heterocycles. The van der Waals surface area contributed by atoms with Crippen molar-refractivity contribution in [1.29, 1.82) is 0 Å². The van der Waals surface area contributed by atoms with Gasteiger partial charge in [0.05, 0.1) is 11.5 Å². The number of hydrogen-bond acceptors (Lipinski definition) is 6. The van der Waals surface area contributed by atoms with Crippen LogP contribution in [0.15, 0.2) is 51.8 Å². The van der Waals surface area contributed by atoms with E-state index in [1.54, 1.807) is 6.07 Å². The molecule has 0 amide bonds. The number of nitro benzene ring substituents is 1. The Kier molecular flexibility index (Phi) is 5.31. The van der Waals surface area contributed by atoms with Crippen molar-refractivity contribution in [1.82, 2.24) is 0 Å². The van der Waals surface area contributed by atoms with Crippen molar-refractivity contribution < 1.29 is 18.1 Å². The second-order valence-electron chi connectivity index (χ2n) is 6.01. The van der Waals surface area contributed by atoms with Crippen molar-refractivity contribution >= 4 is 37.1 Å². The topological polar surface area (TPSA) is 89.8 Å². The Morgan fingerprint density at radius 3 is 2.65 bits per heavy atom. The molecule has 138 valence electrons. The van der Waals surface area contributed by atoms with E-state index in [0.717, 1.165) is 16.3 Å². The van der Waals surface area contributed by atoms with Crippen LogP contribution in [0.3, 0.4) is 0 Å². The molecule has 3 rings (SSSR count). The number of benzene rings is 2. The maximum Gasteiger partial charge on any atom is 0.288 e. The van der Waals surface area contributed by atoms with Gasteiger partial charge in [-0.2, -0.15) is 0 Å². The van der Waals surface area contributed by atoms with Gasteiger partial charge in [0, 0.05) is 35.6 Å². The summed E-state index contributed by atoms with van der Waals surface area (Å²) < 4.78 is 30.7. The fourth-order valence-electron chi connectivity index (χ4n) is 2.96. The Morgan fingerprint density at radius 1 is 1.27 bits per heavy atom. The van der Waals surface area contributed by atoms with Gasteiger partial charge in [0.2, 0.25) is 0 Å². The van der Waals surface area contributed by atoms with Gasteiger partial charge in [-0.3, -0.25) is 10.1 Å². The first-order valence-corrected chi connectivity index (χ1v) is 10.6. The highest BCUT2D eigenvalue weighted by Gasteiger charge is 2.27. The summed E-state index contributed by atoms with van der Waals surface area (Å²) in [5.41, 5.74) is 1.21. The third-order valence-electron chi connectivity index (χ3n) is 4.22. The van der Waals surface area contributed by atoms with Crippen LogP contribution < -0.4 is 4.90 Å². The molecule has 1 aliphatic rings. The van der Waals surface area contributed by atoms with E-state index in [1.807, 2.05) is 29.2 Å². The largest absolute Gasteiger partial charge is 0.370 e. The number of sulfone groups is 1. The van der Waals surface area contributed by atoms with Crippen molar-refractivity contribution in [3.8, 4) is 0 Å². The molecule has 0 radical (unpaired) electrons. The summed E-state index contributed by atoms with van der Waals surface area (Å²) in [7, 11) is -3.72. The van der Waals surface area contributed by atoms with Crippen LogP contribution in [0, 0.1) is 10.1 Å². The average molecular weight is 441 g/mol. The summed E-state index contributed by atoms with van der Waals surface area (Å²) in [4.78, 5) is 12.2. The zero-order valence-corrected chi connectivity index (χ0v) is 16.4. The minimum Gasteiger partial charge on any atom is -0.370 e. The lowest BCUT2D eigenvalue weighted by Gasteiger charge is -2.35. The van der Waals surface area contributed by atoms with Crippen LogP contribution in [0.25, 0.3) is 0 Å². The number of nitro groups is 1. The molecule has 7 nitrogen and oxygen atoms in total. The molecule has 0 N–H and O–H groups in total. The highest BCUT2D eigenvalue weighted by Crippen LogP contribution is 2.33. The zero-order chi connectivity index (χ0) is 18.9. The Hall–Kier alpha value is -1.97. The third kappa shape index (κ3) is 3.89. The summed E-state index contributed by atoms with van der Waals surface area (Å²) in [6.07, 6.45) is 0.790. The lowest BCUT2D eigenvalue weighted by molar-refractivity contribution is -0.387. The Labute approximate surface area is 159 Å². The molecule has 0 aromatic heterocycles. The predicted octanol–water partition coefficient (Wildman–Crippen LogP) is 3.34. The molecule has 1 fully saturated rings. The van der Waals surface area contributed by atoms with Crippen LogP contribution in [0.2, 0.25) is 0 Å². The van der Waals surface area contributed by atoms with Crippen LogP contribution >= 0.6 is 15.9 Å². The molecule has 0 spiro atoms. The van der Waals surface area contributed by atoms with E-state index in [9.17, 15) is 18.5 Å². The quantitative estimate of drug-likeness (QED) is 0.534. The number of morpholine rings is 1. The van der Waals surface area contributed by atoms with Crippen LogP contribution in [0.1, 0.15) is 11.7 Å².